The summed E-state index contributed by atoms with van der Waals surface area (Å²) in [6.07, 6.45) is 2.18. The lowest BCUT2D eigenvalue weighted by Gasteiger charge is -2.14. The quantitative estimate of drug-likeness (QED) is 0.794. The standard InChI is InChI=1S/C13H17ClN2O4S/c1-7-10(11(16-19-7)8-4-5-8)12(14)21(17,18)9-6-13(2,3)20-15-9/h8,12H,4-6H2,1-3H3. The number of hydrogen-bond donors (Lipinski definition) is 0. The molecule has 1 aromatic rings. The average molecular weight is 333 g/mol. The fraction of sp³-hybridized carbons (Fsp3) is 0.692. The molecule has 2 aliphatic rings. The largest absolute Gasteiger partial charge is 0.389 e. The van der Waals surface area contributed by atoms with Gasteiger partial charge in [0.25, 0.3) is 0 Å². The molecule has 0 spiro atoms. The Balaban J connectivity index is 1.95. The molecule has 116 valence electrons. The van der Waals surface area contributed by atoms with E-state index < -0.39 is 20.1 Å². The van der Waals surface area contributed by atoms with Crippen LogP contribution in [0.5, 0.6) is 0 Å². The molecule has 0 bridgehead atoms. The molecule has 0 N–H and O–H groups in total. The van der Waals surface area contributed by atoms with Crippen molar-refractivity contribution in [3.63, 3.8) is 0 Å². The summed E-state index contributed by atoms with van der Waals surface area (Å²) in [6.45, 7) is 5.24. The summed E-state index contributed by atoms with van der Waals surface area (Å²) in [4.78, 5) is 5.14. The second-order valence-electron chi connectivity index (χ2n) is 6.19. The van der Waals surface area contributed by atoms with Crippen molar-refractivity contribution in [3.8, 4) is 0 Å². The molecular weight excluding hydrogens is 316 g/mol. The van der Waals surface area contributed by atoms with Crippen LogP contribution in [0.3, 0.4) is 0 Å². The second-order valence-corrected chi connectivity index (χ2v) is 8.91. The Morgan fingerprint density at radius 3 is 2.57 bits per heavy atom. The first-order chi connectivity index (χ1) is 9.72. The van der Waals surface area contributed by atoms with Crippen LogP contribution in [-0.4, -0.2) is 24.2 Å². The van der Waals surface area contributed by atoms with Gasteiger partial charge in [0.15, 0.2) is 9.75 Å². The van der Waals surface area contributed by atoms with E-state index in [1.165, 1.54) is 0 Å². The number of halogens is 1. The van der Waals surface area contributed by atoms with Gasteiger partial charge in [0.2, 0.25) is 9.84 Å². The molecule has 1 atom stereocenters. The molecule has 1 unspecified atom stereocenters. The highest BCUT2D eigenvalue weighted by Crippen LogP contribution is 2.46. The summed E-state index contributed by atoms with van der Waals surface area (Å²) in [5, 5.41) is 7.66. The maximum Gasteiger partial charge on any atom is 0.216 e. The lowest BCUT2D eigenvalue weighted by molar-refractivity contribution is 0.0123. The Morgan fingerprint density at radius 1 is 1.38 bits per heavy atom. The van der Waals surface area contributed by atoms with E-state index in [2.05, 4.69) is 10.3 Å². The monoisotopic (exact) mass is 332 g/mol. The van der Waals surface area contributed by atoms with Crippen LogP contribution in [-0.2, 0) is 14.7 Å². The van der Waals surface area contributed by atoms with Crippen molar-refractivity contribution in [2.75, 3.05) is 0 Å². The third kappa shape index (κ3) is 2.57. The van der Waals surface area contributed by atoms with Gasteiger partial charge in [-0.1, -0.05) is 21.9 Å². The third-order valence-corrected chi connectivity index (χ3v) is 6.28. The fourth-order valence-corrected chi connectivity index (χ4v) is 4.45. The van der Waals surface area contributed by atoms with Gasteiger partial charge in [0.05, 0.1) is 11.3 Å². The Morgan fingerprint density at radius 2 is 2.05 bits per heavy atom. The minimum Gasteiger partial charge on any atom is -0.389 e. The van der Waals surface area contributed by atoms with Crippen LogP contribution in [0.15, 0.2) is 9.68 Å². The van der Waals surface area contributed by atoms with Gasteiger partial charge in [-0.25, -0.2) is 8.42 Å². The van der Waals surface area contributed by atoms with Crippen molar-refractivity contribution < 1.29 is 17.8 Å². The molecular formula is C13H17ClN2O4S. The number of alkyl halides is 1. The van der Waals surface area contributed by atoms with Crippen LogP contribution >= 0.6 is 11.6 Å². The Labute approximate surface area is 128 Å². The maximum absolute atomic E-state index is 12.7. The Hall–Kier alpha value is -1.08. The topological polar surface area (TPSA) is 81.8 Å². The lowest BCUT2D eigenvalue weighted by atomic mass is 10.1. The van der Waals surface area contributed by atoms with Crippen molar-refractivity contribution >= 4 is 26.5 Å². The van der Waals surface area contributed by atoms with Crippen molar-refractivity contribution in [2.45, 2.75) is 56.3 Å². The maximum atomic E-state index is 12.7. The number of aryl methyl sites for hydroxylation is 1. The van der Waals surface area contributed by atoms with E-state index in [1.54, 1.807) is 20.8 Å². The van der Waals surface area contributed by atoms with Crippen molar-refractivity contribution in [2.24, 2.45) is 5.16 Å². The van der Waals surface area contributed by atoms with Crippen LogP contribution < -0.4 is 0 Å². The van der Waals surface area contributed by atoms with Crippen molar-refractivity contribution in [3.05, 3.63) is 17.0 Å². The molecule has 0 aromatic carbocycles. The molecule has 1 aliphatic carbocycles. The summed E-state index contributed by atoms with van der Waals surface area (Å²) >= 11 is 6.27. The molecule has 6 nitrogen and oxygen atoms in total. The molecule has 1 saturated carbocycles. The highest BCUT2D eigenvalue weighted by molar-refractivity contribution is 8.07. The van der Waals surface area contributed by atoms with Crippen molar-refractivity contribution in [1.29, 1.82) is 0 Å². The van der Waals surface area contributed by atoms with Crippen LogP contribution in [0.2, 0.25) is 0 Å². The molecule has 0 radical (unpaired) electrons. The minimum atomic E-state index is -3.79. The molecule has 3 rings (SSSR count). The van der Waals surface area contributed by atoms with E-state index in [0.717, 1.165) is 12.8 Å². The van der Waals surface area contributed by atoms with Gasteiger partial charge in [-0.15, -0.1) is 0 Å². The van der Waals surface area contributed by atoms with Crippen LogP contribution in [0.25, 0.3) is 0 Å². The summed E-state index contributed by atoms with van der Waals surface area (Å²) in [6, 6.07) is 0. The highest BCUT2D eigenvalue weighted by Gasteiger charge is 2.43. The van der Waals surface area contributed by atoms with Gasteiger partial charge in [-0.2, -0.15) is 0 Å². The SMILES string of the molecule is Cc1onc(C2CC2)c1C(Cl)S(=O)(=O)C1=NOC(C)(C)C1. The normalized spacial score (nSPS) is 22.8. The second kappa shape index (κ2) is 4.71. The number of nitrogens with zero attached hydrogens (tertiary/aromatic N) is 2. The molecule has 1 aliphatic heterocycles. The van der Waals surface area contributed by atoms with E-state index in [-0.39, 0.29) is 17.4 Å². The van der Waals surface area contributed by atoms with Gasteiger partial charge in [-0.3, -0.25) is 0 Å². The van der Waals surface area contributed by atoms with Crippen LogP contribution in [0.4, 0.5) is 0 Å². The van der Waals surface area contributed by atoms with E-state index in [9.17, 15) is 8.42 Å². The number of aromatic nitrogens is 1. The molecule has 2 heterocycles. The van der Waals surface area contributed by atoms with Gasteiger partial charge in [-0.05, 0) is 33.6 Å². The lowest BCUT2D eigenvalue weighted by Crippen LogP contribution is -2.24. The van der Waals surface area contributed by atoms with Gasteiger partial charge in [0, 0.05) is 12.3 Å². The number of rotatable bonds is 3. The third-order valence-electron chi connectivity index (χ3n) is 3.70. The fourth-order valence-electron chi connectivity index (χ4n) is 2.35. The minimum absolute atomic E-state index is 0.0187. The summed E-state index contributed by atoms with van der Waals surface area (Å²) in [5.41, 5.74) is 0.503. The smallest absolute Gasteiger partial charge is 0.216 e. The predicted molar refractivity (Wildman–Crippen MR) is 77.9 cm³/mol. The first-order valence-electron chi connectivity index (χ1n) is 6.81. The molecule has 1 fully saturated rings. The van der Waals surface area contributed by atoms with E-state index in [1.807, 2.05) is 0 Å². The van der Waals surface area contributed by atoms with E-state index in [4.69, 9.17) is 21.0 Å². The Bertz CT molecular complexity index is 704. The molecule has 1 aromatic heterocycles. The van der Waals surface area contributed by atoms with Gasteiger partial charge in [0.1, 0.15) is 11.4 Å². The zero-order valence-electron chi connectivity index (χ0n) is 12.1. The number of hydrogen-bond acceptors (Lipinski definition) is 6. The van der Waals surface area contributed by atoms with Crippen molar-refractivity contribution in [1.82, 2.24) is 5.16 Å². The molecule has 0 saturated heterocycles. The van der Waals surface area contributed by atoms with Gasteiger partial charge >= 0.3 is 0 Å². The summed E-state index contributed by atoms with van der Waals surface area (Å²) in [5.74, 6) is 0.700. The zero-order chi connectivity index (χ0) is 15.4. The predicted octanol–water partition coefficient (Wildman–Crippen LogP) is 3.03. The highest BCUT2D eigenvalue weighted by atomic mass is 35.5. The van der Waals surface area contributed by atoms with Gasteiger partial charge < -0.3 is 9.36 Å². The van der Waals surface area contributed by atoms with E-state index >= 15 is 0 Å². The Kier molecular flexibility index (Phi) is 3.33. The van der Waals surface area contributed by atoms with Crippen LogP contribution in [0.1, 0.15) is 60.8 Å². The van der Waals surface area contributed by atoms with Crippen LogP contribution in [0, 0.1) is 6.92 Å². The summed E-state index contributed by atoms with van der Waals surface area (Å²) < 4.78 is 29.2. The number of oxime groups is 1. The first-order valence-corrected chi connectivity index (χ1v) is 8.80. The average Bonchev–Trinajstić information content (AvgIpc) is 3.07. The first kappa shape index (κ1) is 14.8. The molecule has 0 amide bonds. The summed E-state index contributed by atoms with van der Waals surface area (Å²) in [7, 11) is -3.79. The molecule has 21 heavy (non-hydrogen) atoms. The molecule has 8 heteroatoms. The zero-order valence-corrected chi connectivity index (χ0v) is 13.7. The van der Waals surface area contributed by atoms with E-state index in [0.29, 0.717) is 17.0 Å². The number of sulfone groups is 1.